The number of imide groups is 1. The van der Waals surface area contributed by atoms with Crippen LogP contribution in [0.2, 0.25) is 0 Å². The Morgan fingerprint density at radius 1 is 1.23 bits per heavy atom. The van der Waals surface area contributed by atoms with Crippen LogP contribution in [0.15, 0.2) is 0 Å². The van der Waals surface area contributed by atoms with Crippen LogP contribution in [0.3, 0.4) is 0 Å². The van der Waals surface area contributed by atoms with Crippen molar-refractivity contribution < 1.29 is 34.2 Å². The zero-order valence-electron chi connectivity index (χ0n) is 18.1. The summed E-state index contributed by atoms with van der Waals surface area (Å²) in [5.41, 5.74) is 11.2. The van der Waals surface area contributed by atoms with Gasteiger partial charge < -0.3 is 31.9 Å². The minimum absolute atomic E-state index is 0.161. The van der Waals surface area contributed by atoms with Crippen molar-refractivity contribution in [3.63, 3.8) is 0 Å². The van der Waals surface area contributed by atoms with E-state index >= 15 is 0 Å². The number of nitrogens with two attached hydrogens (primary N) is 2. The van der Waals surface area contributed by atoms with E-state index in [1.807, 2.05) is 6.92 Å². The molecule has 0 bridgehead atoms. The molecule has 0 spiro atoms. The Balaban J connectivity index is 3.13. The maximum Gasteiger partial charge on any atom is 0.329 e. The molecule has 0 aromatic carbocycles. The van der Waals surface area contributed by atoms with E-state index in [2.05, 4.69) is 5.32 Å². The monoisotopic (exact) mass is 443 g/mol. The van der Waals surface area contributed by atoms with Gasteiger partial charge in [0.2, 0.25) is 17.7 Å². The van der Waals surface area contributed by atoms with E-state index < -0.39 is 60.4 Å². The van der Waals surface area contributed by atoms with Gasteiger partial charge in [0.1, 0.15) is 6.04 Å². The van der Waals surface area contributed by atoms with Crippen molar-refractivity contribution in [2.45, 2.75) is 64.3 Å². The van der Waals surface area contributed by atoms with Crippen molar-refractivity contribution >= 4 is 29.6 Å². The number of carboxylic acids is 1. The Kier molecular flexibility index (Phi) is 10.0. The number of rotatable bonds is 10. The molecule has 1 saturated heterocycles. The number of hydrogen-bond acceptors (Lipinski definition) is 8. The molecule has 12 nitrogen and oxygen atoms in total. The molecule has 1 rings (SSSR count). The minimum Gasteiger partial charge on any atom is -0.480 e. The third-order valence-corrected chi connectivity index (χ3v) is 5.50. The van der Waals surface area contributed by atoms with Gasteiger partial charge in [-0.15, -0.1) is 0 Å². The number of carboxylic acid groups (broad SMARTS) is 1. The van der Waals surface area contributed by atoms with Gasteiger partial charge >= 0.3 is 5.97 Å². The Bertz CT molecular complexity index is 699. The Morgan fingerprint density at radius 2 is 1.84 bits per heavy atom. The molecule has 1 aliphatic rings. The fourth-order valence-corrected chi connectivity index (χ4v) is 3.43. The standard InChI is InChI=1S/C19H33N5O7/c1-4-10(2)15(21)17(28)22-9-14(27)24(16(11(3)25)19(30)31)18(29)12-6-5-7-23(12)13(26)8-20/h10-12,15-16,25H,4-9,20-21H2,1-3H3,(H,22,28)(H,30,31)/t10-,11+,12-,15-,16-/m0/s1. The molecule has 12 heteroatoms. The lowest BCUT2D eigenvalue weighted by Crippen LogP contribution is -2.61. The maximum atomic E-state index is 13.2. The first-order valence-corrected chi connectivity index (χ1v) is 10.3. The zero-order valence-corrected chi connectivity index (χ0v) is 18.1. The number of aliphatic carboxylic acids is 1. The summed E-state index contributed by atoms with van der Waals surface area (Å²) in [6.45, 7) is 3.93. The zero-order chi connectivity index (χ0) is 23.9. The van der Waals surface area contributed by atoms with Crippen LogP contribution < -0.4 is 16.8 Å². The van der Waals surface area contributed by atoms with Crippen LogP contribution >= 0.6 is 0 Å². The number of carbonyl (C=O) groups excluding carboxylic acids is 4. The molecule has 0 unspecified atom stereocenters. The molecular weight excluding hydrogens is 410 g/mol. The molecule has 5 atom stereocenters. The molecule has 4 amide bonds. The van der Waals surface area contributed by atoms with Gasteiger partial charge in [0.25, 0.3) is 5.91 Å². The highest BCUT2D eigenvalue weighted by Crippen LogP contribution is 2.21. The molecule has 0 aromatic rings. The highest BCUT2D eigenvalue weighted by atomic mass is 16.4. The van der Waals surface area contributed by atoms with E-state index in [0.29, 0.717) is 17.7 Å². The summed E-state index contributed by atoms with van der Waals surface area (Å²) >= 11 is 0. The number of hydrogen-bond donors (Lipinski definition) is 5. The van der Waals surface area contributed by atoms with Gasteiger partial charge in [-0.05, 0) is 25.7 Å². The lowest BCUT2D eigenvalue weighted by Gasteiger charge is -2.33. The summed E-state index contributed by atoms with van der Waals surface area (Å²) in [5.74, 6) is -4.88. The lowest BCUT2D eigenvalue weighted by molar-refractivity contribution is -0.165. The molecule has 1 fully saturated rings. The molecule has 31 heavy (non-hydrogen) atoms. The Labute approximate surface area is 180 Å². The van der Waals surface area contributed by atoms with Crippen LogP contribution in [0, 0.1) is 5.92 Å². The molecule has 0 saturated carbocycles. The number of carbonyl (C=O) groups is 5. The van der Waals surface area contributed by atoms with Crippen molar-refractivity contribution in [1.82, 2.24) is 15.1 Å². The normalized spacial score (nSPS) is 19.8. The van der Waals surface area contributed by atoms with Gasteiger partial charge in [0.15, 0.2) is 6.04 Å². The fraction of sp³-hybridized carbons (Fsp3) is 0.737. The van der Waals surface area contributed by atoms with Crippen molar-refractivity contribution in [3.8, 4) is 0 Å². The van der Waals surface area contributed by atoms with E-state index in [4.69, 9.17) is 11.5 Å². The second kappa shape index (κ2) is 11.7. The summed E-state index contributed by atoms with van der Waals surface area (Å²) in [7, 11) is 0. The number of amides is 4. The highest BCUT2D eigenvalue weighted by Gasteiger charge is 2.44. The average Bonchev–Trinajstić information content (AvgIpc) is 3.22. The van der Waals surface area contributed by atoms with Crippen LogP contribution in [0.5, 0.6) is 0 Å². The van der Waals surface area contributed by atoms with Gasteiger partial charge in [-0.2, -0.15) is 0 Å². The molecule has 7 N–H and O–H groups in total. The molecule has 176 valence electrons. The minimum atomic E-state index is -1.89. The van der Waals surface area contributed by atoms with E-state index in [1.165, 1.54) is 4.90 Å². The molecule has 1 aliphatic heterocycles. The van der Waals surface area contributed by atoms with Crippen LogP contribution in [-0.4, -0.2) is 93.5 Å². The largest absolute Gasteiger partial charge is 0.480 e. The number of nitrogens with one attached hydrogen (secondary N) is 1. The van der Waals surface area contributed by atoms with Gasteiger partial charge in [0, 0.05) is 6.54 Å². The number of nitrogens with zero attached hydrogens (tertiary/aromatic N) is 2. The van der Waals surface area contributed by atoms with E-state index in [9.17, 15) is 34.2 Å². The van der Waals surface area contributed by atoms with Crippen molar-refractivity contribution in [2.24, 2.45) is 17.4 Å². The first-order chi connectivity index (χ1) is 14.5. The second-order valence-corrected chi connectivity index (χ2v) is 7.70. The third kappa shape index (κ3) is 6.45. The van der Waals surface area contributed by atoms with Gasteiger partial charge in [0.05, 0.1) is 25.2 Å². The van der Waals surface area contributed by atoms with Crippen molar-refractivity contribution in [1.29, 1.82) is 0 Å². The van der Waals surface area contributed by atoms with Gasteiger partial charge in [-0.3, -0.25) is 24.1 Å². The first-order valence-electron chi connectivity index (χ1n) is 10.3. The number of likely N-dealkylation sites (tertiary alicyclic amines) is 1. The van der Waals surface area contributed by atoms with E-state index in [0.717, 1.165) is 6.92 Å². The van der Waals surface area contributed by atoms with Gasteiger partial charge in [-0.25, -0.2) is 4.79 Å². The second-order valence-electron chi connectivity index (χ2n) is 7.70. The molecule has 0 aromatic heterocycles. The summed E-state index contributed by atoms with van der Waals surface area (Å²) < 4.78 is 0. The number of aliphatic hydroxyl groups excluding tert-OH is 1. The molecule has 0 aliphatic carbocycles. The first kappa shape index (κ1) is 26.5. The number of aliphatic hydroxyl groups is 1. The van der Waals surface area contributed by atoms with Crippen LogP contribution in [-0.2, 0) is 24.0 Å². The molecule has 1 heterocycles. The van der Waals surface area contributed by atoms with E-state index in [1.54, 1.807) is 6.92 Å². The topological polar surface area (TPSA) is 196 Å². The predicted octanol–water partition coefficient (Wildman–Crippen LogP) is -2.39. The Morgan fingerprint density at radius 3 is 2.32 bits per heavy atom. The fourth-order valence-electron chi connectivity index (χ4n) is 3.43. The third-order valence-electron chi connectivity index (χ3n) is 5.50. The highest BCUT2D eigenvalue weighted by molar-refractivity contribution is 6.04. The van der Waals surface area contributed by atoms with E-state index in [-0.39, 0.29) is 25.4 Å². The van der Waals surface area contributed by atoms with Crippen LogP contribution in [0.25, 0.3) is 0 Å². The SMILES string of the molecule is CC[C@H](C)[C@H](N)C(=O)NCC(=O)N(C(=O)[C@@H]1CCCN1C(=O)CN)[C@H](C(=O)O)[C@@H](C)O. The Hall–Kier alpha value is -2.57. The average molecular weight is 444 g/mol. The maximum absolute atomic E-state index is 13.2. The smallest absolute Gasteiger partial charge is 0.329 e. The summed E-state index contributed by atoms with van der Waals surface area (Å²) in [5, 5.41) is 21.8. The van der Waals surface area contributed by atoms with Gasteiger partial charge in [-0.1, -0.05) is 20.3 Å². The lowest BCUT2D eigenvalue weighted by atomic mass is 9.99. The summed E-state index contributed by atoms with van der Waals surface area (Å²) in [6.07, 6.45) is -0.283. The van der Waals surface area contributed by atoms with Crippen molar-refractivity contribution in [2.75, 3.05) is 19.6 Å². The molecule has 0 radical (unpaired) electrons. The summed E-state index contributed by atoms with van der Waals surface area (Å²) in [4.78, 5) is 63.6. The summed E-state index contributed by atoms with van der Waals surface area (Å²) in [6, 6.07) is -3.87. The van der Waals surface area contributed by atoms with Crippen LogP contribution in [0.1, 0.15) is 40.0 Å². The van der Waals surface area contributed by atoms with Crippen LogP contribution in [0.4, 0.5) is 0 Å². The van der Waals surface area contributed by atoms with Crippen molar-refractivity contribution in [3.05, 3.63) is 0 Å². The quantitative estimate of drug-likeness (QED) is 0.245. The predicted molar refractivity (Wildman–Crippen MR) is 109 cm³/mol. The molecular formula is C19H33N5O7.